The van der Waals surface area contributed by atoms with Crippen LogP contribution >= 0.6 is 0 Å². The predicted molar refractivity (Wildman–Crippen MR) is 149 cm³/mol. The molecular formula is C30H38O17. The topological polar surface area (TPSA) is 253 Å². The predicted octanol–water partition coefficient (Wildman–Crippen LogP) is -2.60. The number of phenolic OH excluding ortho intramolecular Hbond substituents is 1. The van der Waals surface area contributed by atoms with Gasteiger partial charge in [0.1, 0.15) is 73.4 Å². The van der Waals surface area contributed by atoms with Gasteiger partial charge >= 0.3 is 11.9 Å². The van der Waals surface area contributed by atoms with Crippen molar-refractivity contribution in [1.82, 2.24) is 0 Å². The molecule has 1 aromatic rings. The van der Waals surface area contributed by atoms with E-state index in [0.717, 1.165) is 6.92 Å². The summed E-state index contributed by atoms with van der Waals surface area (Å²) in [6.07, 6.45) is -14.9. The number of ether oxygens (including phenoxy) is 8. The van der Waals surface area contributed by atoms with Crippen LogP contribution in [0.5, 0.6) is 5.75 Å². The Morgan fingerprint density at radius 1 is 0.830 bits per heavy atom. The van der Waals surface area contributed by atoms with E-state index in [1.165, 1.54) is 37.5 Å². The Balaban J connectivity index is 1.24. The van der Waals surface area contributed by atoms with Gasteiger partial charge in [-0.15, -0.1) is 0 Å². The van der Waals surface area contributed by atoms with Crippen LogP contribution in [0.15, 0.2) is 36.6 Å². The van der Waals surface area contributed by atoms with E-state index < -0.39 is 116 Å². The number of carbonyl (C=O) groups excluding carboxylic acids is 2. The molecule has 1 saturated carbocycles. The molecule has 16 atom stereocenters. The van der Waals surface area contributed by atoms with Crippen molar-refractivity contribution in [2.75, 3.05) is 13.2 Å². The minimum Gasteiger partial charge on any atom is -0.508 e. The zero-order valence-electron chi connectivity index (χ0n) is 25.3. The number of epoxide rings is 1. The van der Waals surface area contributed by atoms with E-state index in [0.29, 0.717) is 0 Å². The molecule has 0 bridgehead atoms. The maximum Gasteiger partial charge on any atom is 0.338 e. The molecule has 1 aromatic carbocycles. The lowest BCUT2D eigenvalue weighted by molar-refractivity contribution is -0.347. The summed E-state index contributed by atoms with van der Waals surface area (Å²) in [5.74, 6) is -2.90. The number of benzene rings is 1. The average molecular weight is 671 g/mol. The highest BCUT2D eigenvalue weighted by atomic mass is 16.8. The second-order valence-corrected chi connectivity index (χ2v) is 12.3. The Kier molecular flexibility index (Phi) is 9.51. The van der Waals surface area contributed by atoms with Gasteiger partial charge in [-0.3, -0.25) is 4.79 Å². The van der Waals surface area contributed by atoms with Crippen LogP contribution in [0.25, 0.3) is 0 Å². The van der Waals surface area contributed by atoms with Crippen molar-refractivity contribution in [3.8, 4) is 5.75 Å². The van der Waals surface area contributed by atoms with Crippen molar-refractivity contribution in [1.29, 1.82) is 0 Å². The Morgan fingerprint density at radius 2 is 1.49 bits per heavy atom. The van der Waals surface area contributed by atoms with Gasteiger partial charge in [-0.2, -0.15) is 0 Å². The molecule has 47 heavy (non-hydrogen) atoms. The number of carbonyl (C=O) groups is 2. The molecule has 260 valence electrons. The molecule has 4 fully saturated rings. The standard InChI is InChI=1S/C30H38O17/c1-11-18(33)20(35)22(37)28(43-11)45-24-15-7-8-40-27(46-29-23(38)21(36)19(34)16(44-29)9-41-12(2)31)17(15)30(25(24)47-30)10-42-26(39)13-3-5-14(32)6-4-13/h3-8,11,15-25,27-29,32-38H,9-10H2,1-2H3/t11-,15?,16-,17?,18+,19-,20-,21+,22+,23-,24+,25+,27?,28+,29+,30-/m1/s1. The lowest BCUT2D eigenvalue weighted by Crippen LogP contribution is -2.61. The summed E-state index contributed by atoms with van der Waals surface area (Å²) in [4.78, 5) is 24.3. The van der Waals surface area contributed by atoms with Gasteiger partial charge in [-0.1, -0.05) is 0 Å². The maximum atomic E-state index is 12.9. The highest BCUT2D eigenvalue weighted by Gasteiger charge is 2.77. The molecule has 0 amide bonds. The fraction of sp³-hybridized carbons (Fsp3) is 0.667. The molecule has 6 rings (SSSR count). The SMILES string of the molecule is CC(=O)OC[C@H]1O[C@@H](OC2OC=CC3C2[C@@]2(COC(=O)c4ccc(O)cc4)O[C@H]2[C@H]3O[C@@H]2O[C@H](C)[C@H](O)[C@@H](O)[C@@H]2O)[C@H](O)[C@@H](O)[C@@H]1O. The molecule has 1 aliphatic carbocycles. The Hall–Kier alpha value is -2.94. The molecule has 17 nitrogen and oxygen atoms in total. The van der Waals surface area contributed by atoms with Crippen molar-refractivity contribution in [3.05, 3.63) is 42.2 Å². The molecule has 4 aliphatic heterocycles. The first kappa shape index (κ1) is 33.9. The number of phenols is 1. The minimum atomic E-state index is -1.76. The number of esters is 2. The summed E-state index contributed by atoms with van der Waals surface area (Å²) in [5, 5.41) is 72.3. The number of aliphatic hydroxyl groups excluding tert-OH is 6. The second-order valence-electron chi connectivity index (χ2n) is 12.3. The van der Waals surface area contributed by atoms with Crippen molar-refractivity contribution < 1.29 is 83.2 Å². The third-order valence-corrected chi connectivity index (χ3v) is 9.25. The number of hydrogen-bond acceptors (Lipinski definition) is 17. The van der Waals surface area contributed by atoms with Gasteiger partial charge in [0, 0.05) is 12.8 Å². The number of aromatic hydroxyl groups is 1. The summed E-state index contributed by atoms with van der Waals surface area (Å²) in [7, 11) is 0. The molecule has 3 unspecified atom stereocenters. The molecule has 17 heteroatoms. The molecule has 0 aromatic heterocycles. The quantitative estimate of drug-likeness (QED) is 0.105. The Labute approximate surface area is 267 Å². The average Bonchev–Trinajstić information content (AvgIpc) is 3.71. The first-order chi connectivity index (χ1) is 22.3. The molecule has 3 saturated heterocycles. The van der Waals surface area contributed by atoms with Crippen LogP contribution in [-0.2, 0) is 42.7 Å². The van der Waals surface area contributed by atoms with Crippen LogP contribution in [0.3, 0.4) is 0 Å². The molecule has 0 radical (unpaired) electrons. The van der Waals surface area contributed by atoms with Crippen LogP contribution in [0.2, 0.25) is 0 Å². The first-order valence-electron chi connectivity index (χ1n) is 15.1. The largest absolute Gasteiger partial charge is 0.508 e. The normalized spacial score (nSPS) is 45.3. The Bertz CT molecular complexity index is 1320. The zero-order chi connectivity index (χ0) is 33.8. The van der Waals surface area contributed by atoms with Gasteiger partial charge in [0.25, 0.3) is 0 Å². The van der Waals surface area contributed by atoms with Gasteiger partial charge in [0.15, 0.2) is 12.6 Å². The van der Waals surface area contributed by atoms with E-state index in [1.807, 2.05) is 0 Å². The lowest BCUT2D eigenvalue weighted by Gasteiger charge is -2.44. The van der Waals surface area contributed by atoms with Crippen LogP contribution in [-0.4, -0.2) is 146 Å². The molecule has 4 heterocycles. The molecule has 7 N–H and O–H groups in total. The van der Waals surface area contributed by atoms with Crippen LogP contribution in [0.4, 0.5) is 0 Å². The van der Waals surface area contributed by atoms with Crippen molar-refractivity contribution >= 4 is 11.9 Å². The van der Waals surface area contributed by atoms with Crippen LogP contribution < -0.4 is 0 Å². The number of fused-ring (bicyclic) bond motifs is 3. The Morgan fingerprint density at radius 3 is 2.17 bits per heavy atom. The summed E-state index contributed by atoms with van der Waals surface area (Å²) in [6.45, 7) is 1.86. The fourth-order valence-electron chi connectivity index (χ4n) is 6.62. The van der Waals surface area contributed by atoms with E-state index in [-0.39, 0.29) is 17.9 Å². The van der Waals surface area contributed by atoms with Crippen LogP contribution in [0.1, 0.15) is 24.2 Å². The molecule has 5 aliphatic rings. The number of aliphatic hydroxyl groups is 6. The lowest BCUT2D eigenvalue weighted by atomic mass is 9.85. The summed E-state index contributed by atoms with van der Waals surface area (Å²) in [6, 6.07) is 5.39. The highest BCUT2D eigenvalue weighted by Crippen LogP contribution is 2.61. The smallest absolute Gasteiger partial charge is 0.338 e. The van der Waals surface area contributed by atoms with Gasteiger partial charge in [0.2, 0.25) is 6.29 Å². The number of hydrogen-bond donors (Lipinski definition) is 7. The van der Waals surface area contributed by atoms with E-state index in [2.05, 4.69) is 0 Å². The highest BCUT2D eigenvalue weighted by molar-refractivity contribution is 5.89. The summed E-state index contributed by atoms with van der Waals surface area (Å²) in [5.41, 5.74) is -1.16. The minimum absolute atomic E-state index is 0.0468. The fourth-order valence-corrected chi connectivity index (χ4v) is 6.62. The maximum absolute atomic E-state index is 12.9. The second kappa shape index (κ2) is 13.2. The van der Waals surface area contributed by atoms with Crippen molar-refractivity contribution in [3.63, 3.8) is 0 Å². The monoisotopic (exact) mass is 670 g/mol. The number of rotatable bonds is 9. The van der Waals surface area contributed by atoms with Crippen LogP contribution in [0, 0.1) is 11.8 Å². The van der Waals surface area contributed by atoms with E-state index in [1.54, 1.807) is 6.08 Å². The molecular weight excluding hydrogens is 632 g/mol. The summed E-state index contributed by atoms with van der Waals surface area (Å²) >= 11 is 0. The van der Waals surface area contributed by atoms with Crippen molar-refractivity contribution in [2.24, 2.45) is 11.8 Å². The van der Waals surface area contributed by atoms with Gasteiger partial charge in [0.05, 0.1) is 30.0 Å². The van der Waals surface area contributed by atoms with E-state index in [4.69, 9.17) is 37.9 Å². The first-order valence-corrected chi connectivity index (χ1v) is 15.1. The third-order valence-electron chi connectivity index (χ3n) is 9.25. The summed E-state index contributed by atoms with van der Waals surface area (Å²) < 4.78 is 46.0. The van der Waals surface area contributed by atoms with Gasteiger partial charge in [-0.05, 0) is 37.3 Å². The van der Waals surface area contributed by atoms with Gasteiger partial charge < -0.3 is 73.6 Å². The van der Waals surface area contributed by atoms with Crippen molar-refractivity contribution in [2.45, 2.75) is 99.4 Å². The van der Waals surface area contributed by atoms with Gasteiger partial charge in [-0.25, -0.2) is 4.79 Å². The zero-order valence-corrected chi connectivity index (χ0v) is 25.3. The van der Waals surface area contributed by atoms with E-state index in [9.17, 15) is 45.3 Å². The van der Waals surface area contributed by atoms with E-state index >= 15 is 0 Å². The third kappa shape index (κ3) is 6.33. The molecule has 0 spiro atoms.